The highest BCUT2D eigenvalue weighted by molar-refractivity contribution is 5.84. The Morgan fingerprint density at radius 1 is 1.50 bits per heavy atom. The van der Waals surface area contributed by atoms with E-state index in [1.54, 1.807) is 0 Å². The first-order valence-electron chi connectivity index (χ1n) is 4.97. The second-order valence-corrected chi connectivity index (χ2v) is 3.36. The Kier molecular flexibility index (Phi) is 4.43. The maximum Gasteiger partial charge on any atom is 0.358 e. The van der Waals surface area contributed by atoms with Crippen molar-refractivity contribution < 1.29 is 14.7 Å². The molecule has 7 heteroatoms. The number of amides is 1. The minimum atomic E-state index is -1.08. The molecule has 1 amide bonds. The van der Waals surface area contributed by atoms with Gasteiger partial charge in [-0.2, -0.15) is 0 Å². The lowest BCUT2D eigenvalue weighted by atomic mass is 10.3. The Morgan fingerprint density at radius 3 is 2.81 bits per heavy atom. The third kappa shape index (κ3) is 4.07. The molecule has 0 spiro atoms. The van der Waals surface area contributed by atoms with Crippen LogP contribution in [0.5, 0.6) is 0 Å². The molecular formula is C9H14N4O3. The number of carbonyl (C=O) groups is 2. The highest BCUT2D eigenvalue weighted by Gasteiger charge is 2.07. The van der Waals surface area contributed by atoms with Crippen LogP contribution in [-0.4, -0.2) is 38.5 Å². The van der Waals surface area contributed by atoms with Crippen molar-refractivity contribution in [3.63, 3.8) is 0 Å². The molecule has 0 fully saturated rings. The predicted octanol–water partition coefficient (Wildman–Crippen LogP) is -0.107. The molecule has 16 heavy (non-hydrogen) atoms. The van der Waals surface area contributed by atoms with Gasteiger partial charge >= 0.3 is 5.97 Å². The lowest BCUT2D eigenvalue weighted by Gasteiger charge is -2.01. The van der Waals surface area contributed by atoms with Gasteiger partial charge in [0.2, 0.25) is 5.91 Å². The molecular weight excluding hydrogens is 212 g/mol. The van der Waals surface area contributed by atoms with Crippen LogP contribution in [0, 0.1) is 0 Å². The van der Waals surface area contributed by atoms with Crippen molar-refractivity contribution in [3.8, 4) is 0 Å². The van der Waals surface area contributed by atoms with Crippen molar-refractivity contribution in [2.75, 3.05) is 6.54 Å². The van der Waals surface area contributed by atoms with E-state index in [0.29, 0.717) is 13.1 Å². The number of carboxylic acid groups (broad SMARTS) is 1. The molecule has 0 saturated carbocycles. The number of aryl methyl sites for hydroxylation is 1. The van der Waals surface area contributed by atoms with Gasteiger partial charge in [0, 0.05) is 20.0 Å². The number of hydrogen-bond acceptors (Lipinski definition) is 4. The Bertz CT molecular complexity index is 375. The molecule has 0 aromatic carbocycles. The molecule has 0 aliphatic carbocycles. The van der Waals surface area contributed by atoms with E-state index in [0.717, 1.165) is 12.8 Å². The largest absolute Gasteiger partial charge is 0.476 e. The fourth-order valence-electron chi connectivity index (χ4n) is 1.17. The molecule has 1 rings (SSSR count). The third-order valence-corrected chi connectivity index (χ3v) is 1.95. The second kappa shape index (κ2) is 5.84. The summed E-state index contributed by atoms with van der Waals surface area (Å²) >= 11 is 0. The number of carbonyl (C=O) groups excluding carboxylic acids is 1. The summed E-state index contributed by atoms with van der Waals surface area (Å²) in [5.41, 5.74) is -0.0538. The first kappa shape index (κ1) is 12.2. The van der Waals surface area contributed by atoms with E-state index < -0.39 is 5.97 Å². The fraction of sp³-hybridized carbons (Fsp3) is 0.556. The number of nitrogens with one attached hydrogen (secondary N) is 1. The van der Waals surface area contributed by atoms with Crippen LogP contribution in [0.4, 0.5) is 0 Å². The van der Waals surface area contributed by atoms with Gasteiger partial charge in [-0.15, -0.1) is 5.10 Å². The topological polar surface area (TPSA) is 97.1 Å². The summed E-state index contributed by atoms with van der Waals surface area (Å²) in [6.45, 7) is 2.69. The van der Waals surface area contributed by atoms with Crippen molar-refractivity contribution in [1.29, 1.82) is 0 Å². The molecule has 1 heterocycles. The molecule has 0 saturated heterocycles. The molecule has 0 atom stereocenters. The zero-order valence-corrected chi connectivity index (χ0v) is 9.01. The van der Waals surface area contributed by atoms with Gasteiger partial charge in [0.15, 0.2) is 5.69 Å². The van der Waals surface area contributed by atoms with Gasteiger partial charge in [-0.05, 0) is 12.8 Å². The number of nitrogens with zero attached hydrogens (tertiary/aromatic N) is 3. The molecule has 0 aliphatic heterocycles. The summed E-state index contributed by atoms with van der Waals surface area (Å²) < 4.78 is 1.48. The van der Waals surface area contributed by atoms with E-state index in [9.17, 15) is 9.59 Å². The van der Waals surface area contributed by atoms with Crippen molar-refractivity contribution in [2.45, 2.75) is 26.3 Å². The molecule has 1 aromatic heterocycles. The van der Waals surface area contributed by atoms with Gasteiger partial charge in [-0.1, -0.05) is 5.21 Å². The molecule has 7 nitrogen and oxygen atoms in total. The van der Waals surface area contributed by atoms with Crippen molar-refractivity contribution in [2.24, 2.45) is 0 Å². The lowest BCUT2D eigenvalue weighted by Crippen LogP contribution is -2.21. The SMILES string of the molecule is CC(=O)NCCCCn1cc(C(=O)O)nn1. The van der Waals surface area contributed by atoms with Gasteiger partial charge in [0.05, 0.1) is 6.20 Å². The van der Waals surface area contributed by atoms with Crippen LogP contribution < -0.4 is 5.32 Å². The maximum absolute atomic E-state index is 10.6. The molecule has 0 bridgehead atoms. The Morgan fingerprint density at radius 2 is 2.25 bits per heavy atom. The molecule has 0 aliphatic rings. The first-order valence-corrected chi connectivity index (χ1v) is 4.97. The van der Waals surface area contributed by atoms with Crippen LogP contribution in [0.3, 0.4) is 0 Å². The van der Waals surface area contributed by atoms with Crippen LogP contribution in [0.25, 0.3) is 0 Å². The van der Waals surface area contributed by atoms with E-state index in [1.807, 2.05) is 0 Å². The lowest BCUT2D eigenvalue weighted by molar-refractivity contribution is -0.118. The summed E-state index contributed by atoms with van der Waals surface area (Å²) in [6, 6.07) is 0. The molecule has 2 N–H and O–H groups in total. The monoisotopic (exact) mass is 226 g/mol. The second-order valence-electron chi connectivity index (χ2n) is 3.36. The van der Waals surface area contributed by atoms with Gasteiger partial charge in [0.25, 0.3) is 0 Å². The molecule has 88 valence electrons. The highest BCUT2D eigenvalue weighted by Crippen LogP contribution is 1.96. The summed E-state index contributed by atoms with van der Waals surface area (Å²) in [4.78, 5) is 21.1. The smallest absolute Gasteiger partial charge is 0.358 e. The summed E-state index contributed by atoms with van der Waals surface area (Å²) in [5.74, 6) is -1.13. The van der Waals surface area contributed by atoms with Crippen LogP contribution in [-0.2, 0) is 11.3 Å². The summed E-state index contributed by atoms with van der Waals surface area (Å²) in [5, 5.41) is 18.4. The predicted molar refractivity (Wildman–Crippen MR) is 54.9 cm³/mol. The van der Waals surface area contributed by atoms with E-state index in [1.165, 1.54) is 17.8 Å². The van der Waals surface area contributed by atoms with Crippen molar-refractivity contribution in [3.05, 3.63) is 11.9 Å². The molecule has 0 unspecified atom stereocenters. The standard InChI is InChI=1S/C9H14N4O3/c1-7(14)10-4-2-3-5-13-6-8(9(15)16)11-12-13/h6H,2-5H2,1H3,(H,10,14)(H,15,16). The fourth-order valence-corrected chi connectivity index (χ4v) is 1.17. The quantitative estimate of drug-likeness (QED) is 0.660. The van der Waals surface area contributed by atoms with Crippen molar-refractivity contribution >= 4 is 11.9 Å². The van der Waals surface area contributed by atoms with Crippen LogP contribution in [0.1, 0.15) is 30.3 Å². The van der Waals surface area contributed by atoms with Gasteiger partial charge < -0.3 is 10.4 Å². The Labute approximate surface area is 92.4 Å². The number of hydrogen-bond donors (Lipinski definition) is 2. The van der Waals surface area contributed by atoms with Gasteiger partial charge in [-0.3, -0.25) is 9.48 Å². The number of aromatic carboxylic acids is 1. The van der Waals surface area contributed by atoms with Gasteiger partial charge in [-0.25, -0.2) is 4.79 Å². The van der Waals surface area contributed by atoms with E-state index >= 15 is 0 Å². The number of unbranched alkanes of at least 4 members (excludes halogenated alkanes) is 1. The highest BCUT2D eigenvalue weighted by atomic mass is 16.4. The zero-order chi connectivity index (χ0) is 12.0. The zero-order valence-electron chi connectivity index (χ0n) is 9.01. The maximum atomic E-state index is 10.6. The first-order chi connectivity index (χ1) is 7.59. The number of aromatic nitrogens is 3. The van der Waals surface area contributed by atoms with Crippen LogP contribution >= 0.6 is 0 Å². The van der Waals surface area contributed by atoms with Crippen LogP contribution in [0.2, 0.25) is 0 Å². The van der Waals surface area contributed by atoms with E-state index in [-0.39, 0.29) is 11.6 Å². The van der Waals surface area contributed by atoms with Crippen molar-refractivity contribution in [1.82, 2.24) is 20.3 Å². The minimum absolute atomic E-state index is 0.0473. The van der Waals surface area contributed by atoms with E-state index in [4.69, 9.17) is 5.11 Å². The number of carboxylic acids is 1. The normalized spacial score (nSPS) is 10.1. The molecule has 1 aromatic rings. The molecule has 0 radical (unpaired) electrons. The minimum Gasteiger partial charge on any atom is -0.476 e. The van der Waals surface area contributed by atoms with Gasteiger partial charge in [0.1, 0.15) is 0 Å². The van der Waals surface area contributed by atoms with Crippen LogP contribution in [0.15, 0.2) is 6.20 Å². The summed E-state index contributed by atoms with van der Waals surface area (Å²) in [7, 11) is 0. The van der Waals surface area contributed by atoms with E-state index in [2.05, 4.69) is 15.6 Å². The third-order valence-electron chi connectivity index (χ3n) is 1.95. The average molecular weight is 226 g/mol. The number of rotatable bonds is 6. The average Bonchev–Trinajstić information content (AvgIpc) is 2.65. The Balaban J connectivity index is 2.21. The summed E-state index contributed by atoms with van der Waals surface area (Å²) in [6.07, 6.45) is 3.02. The Hall–Kier alpha value is -1.92.